The van der Waals surface area contributed by atoms with Gasteiger partial charge < -0.3 is 14.3 Å². The molecule has 0 amide bonds. The summed E-state index contributed by atoms with van der Waals surface area (Å²) in [5.41, 5.74) is -0.108. The smallest absolute Gasteiger partial charge is 0.305 e. The molecule has 0 radical (unpaired) electrons. The monoisotopic (exact) mass is 749 g/mol. The molecule has 0 bridgehead atoms. The first-order valence-electron chi connectivity index (χ1n) is 23.2. The molecule has 53 heavy (non-hydrogen) atoms. The van der Waals surface area contributed by atoms with Gasteiger partial charge in [0.2, 0.25) is 0 Å². The van der Waals surface area contributed by atoms with E-state index in [1.165, 1.54) is 103 Å². The maximum Gasteiger partial charge on any atom is 0.305 e. The average molecular weight is 749 g/mol. The van der Waals surface area contributed by atoms with Crippen molar-refractivity contribution in [2.45, 2.75) is 249 Å². The lowest BCUT2D eigenvalue weighted by molar-refractivity contribution is -0.145. The maximum atomic E-state index is 13.3. The van der Waals surface area contributed by atoms with E-state index in [4.69, 9.17) is 9.47 Å². The molecule has 0 aliphatic heterocycles. The van der Waals surface area contributed by atoms with Crippen LogP contribution in [0, 0.1) is 28.1 Å². The van der Waals surface area contributed by atoms with E-state index in [0.29, 0.717) is 44.3 Å². The van der Waals surface area contributed by atoms with Gasteiger partial charge in [-0.15, -0.1) is 0 Å². The second kappa shape index (κ2) is 31.8. The van der Waals surface area contributed by atoms with Gasteiger partial charge in [0.05, 0.1) is 13.2 Å². The number of carbonyl (C=O) groups excluding carboxylic acids is 3. The quantitative estimate of drug-likeness (QED) is 0.0357. The van der Waals surface area contributed by atoms with Crippen LogP contribution in [0.15, 0.2) is 0 Å². The van der Waals surface area contributed by atoms with Crippen LogP contribution in [0.1, 0.15) is 249 Å². The molecule has 314 valence electrons. The molecule has 0 saturated heterocycles. The fraction of sp³-hybridized carbons (Fsp3) is 0.938. The first-order valence-corrected chi connectivity index (χ1v) is 23.2. The molecule has 0 N–H and O–H groups in total. The van der Waals surface area contributed by atoms with Gasteiger partial charge in [0.15, 0.2) is 0 Å². The first-order chi connectivity index (χ1) is 25.4. The second-order valence-electron chi connectivity index (χ2n) is 18.0. The number of ether oxygens (including phenoxy) is 2. The number of hydrogen-bond acceptors (Lipinski definition) is 5. The zero-order chi connectivity index (χ0) is 39.9. The molecule has 0 aliphatic carbocycles. The van der Waals surface area contributed by atoms with Crippen LogP contribution in [0.2, 0.25) is 0 Å². The molecule has 0 aromatic rings. The Morgan fingerprint density at radius 3 is 1.23 bits per heavy atom. The number of rotatable bonds is 38. The minimum Gasteiger partial charge on any atom is -0.466 e. The van der Waals surface area contributed by atoms with Crippen LogP contribution in [-0.4, -0.2) is 31.4 Å². The highest BCUT2D eigenvalue weighted by Gasteiger charge is 2.41. The van der Waals surface area contributed by atoms with E-state index in [1.807, 2.05) is 0 Å². The molecule has 5 heteroatoms. The van der Waals surface area contributed by atoms with Gasteiger partial charge in [-0.2, -0.15) is 0 Å². The predicted octanol–water partition coefficient (Wildman–Crippen LogP) is 15.0. The lowest BCUT2D eigenvalue weighted by Gasteiger charge is -2.46. The average Bonchev–Trinajstić information content (AvgIpc) is 3.15. The van der Waals surface area contributed by atoms with Crippen molar-refractivity contribution >= 4 is 18.2 Å². The molecular formula is C48H92O5. The zero-order valence-corrected chi connectivity index (χ0v) is 37.2. The lowest BCUT2D eigenvalue weighted by atomic mass is 9.59. The van der Waals surface area contributed by atoms with E-state index in [-0.39, 0.29) is 28.2 Å². The third-order valence-corrected chi connectivity index (χ3v) is 13.2. The van der Waals surface area contributed by atoms with Crippen molar-refractivity contribution in [3.8, 4) is 0 Å². The summed E-state index contributed by atoms with van der Waals surface area (Å²) in [6.45, 7) is 21.5. The molecule has 0 saturated carbocycles. The van der Waals surface area contributed by atoms with Crippen molar-refractivity contribution in [2.24, 2.45) is 28.1 Å². The van der Waals surface area contributed by atoms with Crippen LogP contribution >= 0.6 is 0 Å². The fourth-order valence-electron chi connectivity index (χ4n) is 8.86. The molecule has 3 unspecified atom stereocenters. The molecule has 0 heterocycles. The predicted molar refractivity (Wildman–Crippen MR) is 227 cm³/mol. The molecule has 0 aliphatic rings. The number of esters is 2. The molecule has 0 fully saturated rings. The van der Waals surface area contributed by atoms with Gasteiger partial charge in [0.1, 0.15) is 6.29 Å². The van der Waals surface area contributed by atoms with E-state index in [1.54, 1.807) is 0 Å². The summed E-state index contributed by atoms with van der Waals surface area (Å²) in [5, 5.41) is 0. The van der Waals surface area contributed by atoms with Gasteiger partial charge in [0.25, 0.3) is 0 Å². The van der Waals surface area contributed by atoms with Gasteiger partial charge in [0, 0.05) is 19.3 Å². The molecule has 0 aromatic carbocycles. The van der Waals surface area contributed by atoms with Crippen LogP contribution in [0.3, 0.4) is 0 Å². The summed E-state index contributed by atoms with van der Waals surface area (Å²) in [4.78, 5) is 37.9. The third kappa shape index (κ3) is 25.4. The molecule has 0 spiro atoms. The molecule has 0 rings (SSSR count). The van der Waals surface area contributed by atoms with Crippen molar-refractivity contribution in [3.63, 3.8) is 0 Å². The molecular weight excluding hydrogens is 657 g/mol. The van der Waals surface area contributed by atoms with Crippen molar-refractivity contribution in [1.29, 1.82) is 0 Å². The Balaban J connectivity index is 5.60. The Kier molecular flexibility index (Phi) is 30.9. The summed E-state index contributed by atoms with van der Waals surface area (Å²) >= 11 is 0. The Bertz CT molecular complexity index is 882. The van der Waals surface area contributed by atoms with Crippen LogP contribution in [0.25, 0.3) is 0 Å². The molecule has 5 nitrogen and oxygen atoms in total. The van der Waals surface area contributed by atoms with Crippen LogP contribution in [0.5, 0.6) is 0 Å². The summed E-state index contributed by atoms with van der Waals surface area (Å²) in [6, 6.07) is 0. The van der Waals surface area contributed by atoms with Gasteiger partial charge in [-0.25, -0.2) is 0 Å². The van der Waals surface area contributed by atoms with E-state index in [9.17, 15) is 14.4 Å². The zero-order valence-electron chi connectivity index (χ0n) is 37.2. The van der Waals surface area contributed by atoms with Crippen LogP contribution in [-0.2, 0) is 23.9 Å². The summed E-state index contributed by atoms with van der Waals surface area (Å²) in [7, 11) is 0. The Labute approximate surface area is 331 Å². The van der Waals surface area contributed by atoms with E-state index >= 15 is 0 Å². The largest absolute Gasteiger partial charge is 0.466 e. The standard InChI is InChI=1S/C48H92O5/c1-10-17-21-26-42(27-22-18-11-2)32-38-52-44(50)30-35-47(9,15-6)41-48(16-7,40-46(8,14-5)34-25-37-49)36-31-45(51)53-39-33-43(28-23-19-12-3)29-24-20-13-4/h37,42-43H,10-36,38-41H2,1-9H3. The minimum absolute atomic E-state index is 0.0173. The number of aldehydes is 1. The van der Waals surface area contributed by atoms with Gasteiger partial charge in [-0.3, -0.25) is 9.59 Å². The first kappa shape index (κ1) is 51.6. The van der Waals surface area contributed by atoms with E-state index in [0.717, 1.165) is 70.5 Å². The highest BCUT2D eigenvalue weighted by atomic mass is 16.5. The van der Waals surface area contributed by atoms with Crippen molar-refractivity contribution in [2.75, 3.05) is 13.2 Å². The van der Waals surface area contributed by atoms with Gasteiger partial charge >= 0.3 is 11.9 Å². The maximum absolute atomic E-state index is 13.3. The Morgan fingerprint density at radius 2 is 0.887 bits per heavy atom. The van der Waals surface area contributed by atoms with Crippen molar-refractivity contribution in [1.82, 2.24) is 0 Å². The van der Waals surface area contributed by atoms with Crippen LogP contribution in [0.4, 0.5) is 0 Å². The van der Waals surface area contributed by atoms with Crippen LogP contribution < -0.4 is 0 Å². The Morgan fingerprint density at radius 1 is 0.509 bits per heavy atom. The summed E-state index contributed by atoms with van der Waals surface area (Å²) < 4.78 is 11.8. The minimum atomic E-state index is -0.0750. The van der Waals surface area contributed by atoms with E-state index < -0.39 is 0 Å². The number of unbranched alkanes of at least 4 members (excludes halogenated alkanes) is 8. The SMILES string of the molecule is CCCCCC(CCCCC)CCOC(=O)CCC(C)(CC)CC(CC)(CCC(=O)OCCC(CCCCC)CCCCC)CC(C)(CC)CCC=O. The van der Waals surface area contributed by atoms with E-state index in [2.05, 4.69) is 62.3 Å². The number of carbonyl (C=O) groups is 3. The fourth-order valence-corrected chi connectivity index (χ4v) is 8.86. The van der Waals surface area contributed by atoms with Gasteiger partial charge in [-0.05, 0) is 73.0 Å². The topological polar surface area (TPSA) is 69.7 Å². The molecule has 0 aromatic heterocycles. The molecule has 3 atom stereocenters. The van der Waals surface area contributed by atoms with Crippen molar-refractivity contribution in [3.05, 3.63) is 0 Å². The summed E-state index contributed by atoms with van der Waals surface area (Å²) in [6.07, 6.45) is 31.9. The third-order valence-electron chi connectivity index (χ3n) is 13.2. The number of hydrogen-bond donors (Lipinski definition) is 0. The van der Waals surface area contributed by atoms with Crippen molar-refractivity contribution < 1.29 is 23.9 Å². The van der Waals surface area contributed by atoms with Gasteiger partial charge in [-0.1, -0.05) is 184 Å². The highest BCUT2D eigenvalue weighted by molar-refractivity contribution is 5.69. The Hall–Kier alpha value is -1.39. The highest BCUT2D eigenvalue weighted by Crippen LogP contribution is 2.52. The second-order valence-corrected chi connectivity index (χ2v) is 18.0. The summed E-state index contributed by atoms with van der Waals surface area (Å²) in [5.74, 6) is 1.17. The lowest BCUT2D eigenvalue weighted by Crippen LogP contribution is -2.36. The normalized spacial score (nSPS) is 15.2.